The summed E-state index contributed by atoms with van der Waals surface area (Å²) < 4.78 is 1.57. The van der Waals surface area contributed by atoms with E-state index in [1.807, 2.05) is 0 Å². The lowest BCUT2D eigenvalue weighted by atomic mass is 10.0. The highest BCUT2D eigenvalue weighted by Gasteiger charge is 2.24. The first kappa shape index (κ1) is 22.5. The van der Waals surface area contributed by atoms with Crippen LogP contribution in [0.2, 0.25) is 10.0 Å². The van der Waals surface area contributed by atoms with Crippen molar-refractivity contribution in [1.29, 1.82) is 0 Å². The second kappa shape index (κ2) is 9.81. The molecule has 1 aliphatic rings. The van der Waals surface area contributed by atoms with Crippen molar-refractivity contribution >= 4 is 34.9 Å². The van der Waals surface area contributed by atoms with Gasteiger partial charge >= 0.3 is 0 Å². The summed E-state index contributed by atoms with van der Waals surface area (Å²) in [7, 11) is 1.53. The van der Waals surface area contributed by atoms with Gasteiger partial charge in [0.05, 0.1) is 17.3 Å². The molecule has 9 heteroatoms. The molecule has 0 aliphatic carbocycles. The van der Waals surface area contributed by atoms with Crippen LogP contribution in [0.1, 0.15) is 51.6 Å². The topological polar surface area (TPSA) is 80.1 Å². The smallest absolute Gasteiger partial charge is 0.290 e. The molecule has 0 atom stereocenters. The molecule has 1 aromatic heterocycles. The second-order valence-electron chi connectivity index (χ2n) is 7.65. The van der Waals surface area contributed by atoms with Crippen LogP contribution < -0.4 is 5.32 Å². The maximum absolute atomic E-state index is 13.4. The first-order valence-corrected chi connectivity index (χ1v) is 11.2. The normalized spacial score (nSPS) is 14.3. The molecule has 3 aromatic rings. The predicted octanol–water partition coefficient (Wildman–Crippen LogP) is 4.15. The van der Waals surface area contributed by atoms with Gasteiger partial charge in [-0.1, -0.05) is 41.8 Å². The van der Waals surface area contributed by atoms with Crippen LogP contribution in [0.5, 0.6) is 0 Å². The Morgan fingerprint density at radius 2 is 1.78 bits per heavy atom. The SMILES string of the molecule is CNC(=O)c1nc(CN2CCCCC2)n(-c2ccc(Cl)cc2C(=O)c2ccccc2Cl)n1. The first-order chi connectivity index (χ1) is 15.5. The molecule has 0 unspecified atom stereocenters. The summed E-state index contributed by atoms with van der Waals surface area (Å²) in [6.07, 6.45) is 3.45. The number of amides is 1. The fraction of sp³-hybridized carbons (Fsp3) is 0.304. The van der Waals surface area contributed by atoms with Crippen LogP contribution in [0, 0.1) is 0 Å². The molecule has 32 heavy (non-hydrogen) atoms. The van der Waals surface area contributed by atoms with Gasteiger partial charge in [0.25, 0.3) is 5.91 Å². The van der Waals surface area contributed by atoms with E-state index in [0.717, 1.165) is 25.9 Å². The number of ketones is 1. The van der Waals surface area contributed by atoms with E-state index in [1.165, 1.54) is 13.5 Å². The van der Waals surface area contributed by atoms with Crippen molar-refractivity contribution in [2.24, 2.45) is 0 Å². The maximum Gasteiger partial charge on any atom is 0.290 e. The van der Waals surface area contributed by atoms with E-state index in [1.54, 1.807) is 47.1 Å². The highest BCUT2D eigenvalue weighted by atomic mass is 35.5. The van der Waals surface area contributed by atoms with Crippen molar-refractivity contribution in [3.05, 3.63) is 75.3 Å². The molecule has 2 heterocycles. The molecule has 0 spiro atoms. The number of aromatic nitrogens is 3. The highest BCUT2D eigenvalue weighted by Crippen LogP contribution is 2.27. The minimum atomic E-state index is -0.392. The molecule has 1 saturated heterocycles. The second-order valence-corrected chi connectivity index (χ2v) is 8.49. The summed E-state index contributed by atoms with van der Waals surface area (Å²) >= 11 is 12.5. The van der Waals surface area contributed by atoms with Crippen LogP contribution >= 0.6 is 23.2 Å². The summed E-state index contributed by atoms with van der Waals surface area (Å²) in [6, 6.07) is 11.8. The number of carbonyl (C=O) groups is 2. The number of rotatable bonds is 6. The number of hydrogen-bond donors (Lipinski definition) is 1. The third-order valence-electron chi connectivity index (χ3n) is 5.47. The summed E-state index contributed by atoms with van der Waals surface area (Å²) in [5, 5.41) is 7.76. The van der Waals surface area contributed by atoms with Crippen molar-refractivity contribution in [2.75, 3.05) is 20.1 Å². The average molecular weight is 472 g/mol. The molecule has 4 rings (SSSR count). The van der Waals surface area contributed by atoms with Crippen LogP contribution in [-0.2, 0) is 6.54 Å². The lowest BCUT2D eigenvalue weighted by Gasteiger charge is -2.26. The van der Waals surface area contributed by atoms with Gasteiger partial charge in [0.1, 0.15) is 5.82 Å². The Morgan fingerprint density at radius 3 is 2.50 bits per heavy atom. The van der Waals surface area contributed by atoms with E-state index < -0.39 is 5.91 Å². The molecule has 0 radical (unpaired) electrons. The molecule has 0 bridgehead atoms. The van der Waals surface area contributed by atoms with E-state index in [2.05, 4.69) is 20.3 Å². The van der Waals surface area contributed by atoms with Gasteiger partial charge in [-0.3, -0.25) is 14.5 Å². The number of benzene rings is 2. The van der Waals surface area contributed by atoms with Gasteiger partial charge in [-0.15, -0.1) is 5.10 Å². The summed E-state index contributed by atoms with van der Waals surface area (Å²) in [4.78, 5) is 32.5. The Labute approximate surface area is 196 Å². The van der Waals surface area contributed by atoms with Gasteiger partial charge in [0, 0.05) is 23.2 Å². The molecular formula is C23H23Cl2N5O2. The molecule has 1 aliphatic heterocycles. The van der Waals surface area contributed by atoms with Gasteiger partial charge < -0.3 is 5.32 Å². The van der Waals surface area contributed by atoms with Gasteiger partial charge in [-0.2, -0.15) is 0 Å². The number of hydrogen-bond acceptors (Lipinski definition) is 5. The van der Waals surface area contributed by atoms with Crippen LogP contribution in [-0.4, -0.2) is 51.5 Å². The zero-order chi connectivity index (χ0) is 22.7. The van der Waals surface area contributed by atoms with Crippen molar-refractivity contribution in [3.8, 4) is 5.69 Å². The summed E-state index contributed by atoms with van der Waals surface area (Å²) in [5.74, 6) is -0.0442. The third kappa shape index (κ3) is 4.70. The van der Waals surface area contributed by atoms with Gasteiger partial charge in [-0.05, 0) is 56.3 Å². The number of carbonyl (C=O) groups excluding carboxylic acids is 2. The summed E-state index contributed by atoms with van der Waals surface area (Å²) in [5.41, 5.74) is 1.19. The Kier molecular flexibility index (Phi) is 6.89. The van der Waals surface area contributed by atoms with Gasteiger partial charge in [0.2, 0.25) is 5.82 Å². The summed E-state index contributed by atoms with van der Waals surface area (Å²) in [6.45, 7) is 2.43. The number of nitrogens with one attached hydrogen (secondary N) is 1. The Balaban J connectivity index is 1.82. The molecule has 1 amide bonds. The van der Waals surface area contributed by atoms with E-state index in [4.69, 9.17) is 23.2 Å². The Bertz CT molecular complexity index is 1160. The van der Waals surface area contributed by atoms with Crippen molar-refractivity contribution < 1.29 is 9.59 Å². The van der Waals surface area contributed by atoms with Gasteiger partial charge in [0.15, 0.2) is 5.78 Å². The quantitative estimate of drug-likeness (QED) is 0.546. The Hall–Kier alpha value is -2.74. The zero-order valence-electron chi connectivity index (χ0n) is 17.6. The number of piperidine rings is 1. The van der Waals surface area contributed by atoms with Crippen molar-refractivity contribution in [3.63, 3.8) is 0 Å². The van der Waals surface area contributed by atoms with E-state index >= 15 is 0 Å². The Morgan fingerprint density at radius 1 is 1.03 bits per heavy atom. The monoisotopic (exact) mass is 471 g/mol. The minimum Gasteiger partial charge on any atom is -0.352 e. The van der Waals surface area contributed by atoms with Crippen LogP contribution in [0.25, 0.3) is 5.69 Å². The fourth-order valence-electron chi connectivity index (χ4n) is 3.83. The zero-order valence-corrected chi connectivity index (χ0v) is 19.2. The lowest BCUT2D eigenvalue weighted by molar-refractivity contribution is 0.0952. The largest absolute Gasteiger partial charge is 0.352 e. The van der Waals surface area contributed by atoms with E-state index in [0.29, 0.717) is 39.2 Å². The average Bonchev–Trinajstić information content (AvgIpc) is 3.22. The molecule has 1 fully saturated rings. The van der Waals surface area contributed by atoms with E-state index in [-0.39, 0.29) is 11.6 Å². The predicted molar refractivity (Wildman–Crippen MR) is 124 cm³/mol. The van der Waals surface area contributed by atoms with Crippen LogP contribution in [0.4, 0.5) is 0 Å². The highest BCUT2D eigenvalue weighted by molar-refractivity contribution is 6.35. The van der Waals surface area contributed by atoms with Crippen LogP contribution in [0.15, 0.2) is 42.5 Å². The number of likely N-dealkylation sites (tertiary alicyclic amines) is 1. The minimum absolute atomic E-state index is 0.0469. The van der Waals surface area contributed by atoms with Crippen molar-refractivity contribution in [1.82, 2.24) is 25.0 Å². The molecule has 166 valence electrons. The number of nitrogens with zero attached hydrogens (tertiary/aromatic N) is 4. The standard InChI is InChI=1S/C23H23Cl2N5O2/c1-26-23(32)22-27-20(14-29-11-5-2-6-12-29)30(28-22)19-10-9-15(24)13-17(19)21(31)16-7-3-4-8-18(16)25/h3-4,7-10,13H,2,5-6,11-12,14H2,1H3,(H,26,32). The molecule has 2 aromatic carbocycles. The molecule has 7 nitrogen and oxygen atoms in total. The van der Waals surface area contributed by atoms with Crippen LogP contribution in [0.3, 0.4) is 0 Å². The number of halogens is 2. The van der Waals surface area contributed by atoms with Crippen molar-refractivity contribution in [2.45, 2.75) is 25.8 Å². The fourth-order valence-corrected chi connectivity index (χ4v) is 4.22. The molecular weight excluding hydrogens is 449 g/mol. The molecule has 1 N–H and O–H groups in total. The lowest BCUT2D eigenvalue weighted by Crippen LogP contribution is -2.30. The molecule has 0 saturated carbocycles. The maximum atomic E-state index is 13.4. The third-order valence-corrected chi connectivity index (χ3v) is 6.03. The first-order valence-electron chi connectivity index (χ1n) is 10.5. The van der Waals surface area contributed by atoms with Gasteiger partial charge in [-0.25, -0.2) is 9.67 Å². The van der Waals surface area contributed by atoms with E-state index in [9.17, 15) is 9.59 Å².